The molecule has 4 nitrogen and oxygen atoms in total. The van der Waals surface area contributed by atoms with E-state index >= 15 is 0 Å². The molecule has 0 aliphatic carbocycles. The number of nitrogens with zero attached hydrogens (tertiary/aromatic N) is 1. The molecule has 0 saturated heterocycles. The zero-order chi connectivity index (χ0) is 17.2. The van der Waals surface area contributed by atoms with Gasteiger partial charge in [-0.2, -0.15) is 0 Å². The molecule has 0 bridgehead atoms. The molecule has 0 aliphatic rings. The molecule has 0 rings (SSSR count). The minimum absolute atomic E-state index is 0.0521. The normalized spacial score (nSPS) is 16.3. The maximum absolute atomic E-state index is 11.0. The SMILES string of the molecule is CCCCCCCCCCC(C(C)(O)CC(=O)O)[N+](C)(C)C. The number of carbonyl (C=O) groups is 1. The monoisotopic (exact) mass is 316 g/mol. The fourth-order valence-electron chi connectivity index (χ4n) is 3.43. The summed E-state index contributed by atoms with van der Waals surface area (Å²) in [5.74, 6) is -0.931. The first-order valence-corrected chi connectivity index (χ1v) is 8.86. The molecule has 0 radical (unpaired) electrons. The van der Waals surface area contributed by atoms with Crippen molar-refractivity contribution in [1.29, 1.82) is 0 Å². The van der Waals surface area contributed by atoms with Gasteiger partial charge in [0.25, 0.3) is 0 Å². The van der Waals surface area contributed by atoms with E-state index in [0.29, 0.717) is 4.48 Å². The second kappa shape index (κ2) is 10.2. The molecule has 0 aliphatic heterocycles. The number of hydrogen-bond donors (Lipinski definition) is 2. The Bertz CT molecular complexity index is 308. The molecule has 0 saturated carbocycles. The average molecular weight is 317 g/mol. The van der Waals surface area contributed by atoms with Gasteiger partial charge in [-0.1, -0.05) is 51.9 Å². The Morgan fingerprint density at radius 3 is 1.86 bits per heavy atom. The maximum atomic E-state index is 11.0. The van der Waals surface area contributed by atoms with Crippen molar-refractivity contribution < 1.29 is 19.5 Å². The molecule has 0 amide bonds. The molecular formula is C18H38NO3+. The molecule has 0 aromatic heterocycles. The molecule has 0 fully saturated rings. The van der Waals surface area contributed by atoms with Gasteiger partial charge in [-0.25, -0.2) is 0 Å². The van der Waals surface area contributed by atoms with Crippen molar-refractivity contribution in [1.82, 2.24) is 0 Å². The van der Waals surface area contributed by atoms with Crippen LogP contribution in [0.15, 0.2) is 0 Å². The summed E-state index contributed by atoms with van der Waals surface area (Å²) in [5.41, 5.74) is -1.16. The van der Waals surface area contributed by atoms with Crippen LogP contribution in [-0.2, 0) is 4.79 Å². The first kappa shape index (κ1) is 21.4. The first-order valence-electron chi connectivity index (χ1n) is 8.86. The van der Waals surface area contributed by atoms with Crippen molar-refractivity contribution >= 4 is 5.97 Å². The molecular weight excluding hydrogens is 278 g/mol. The number of hydrogen-bond acceptors (Lipinski definition) is 2. The summed E-state index contributed by atoms with van der Waals surface area (Å²) < 4.78 is 0.594. The Kier molecular flexibility index (Phi) is 9.94. The van der Waals surface area contributed by atoms with Gasteiger partial charge < -0.3 is 14.7 Å². The number of quaternary nitrogens is 1. The van der Waals surface area contributed by atoms with Crippen LogP contribution in [0.3, 0.4) is 0 Å². The van der Waals surface area contributed by atoms with Crippen molar-refractivity contribution in [3.8, 4) is 0 Å². The van der Waals surface area contributed by atoms with Crippen molar-refractivity contribution in [2.75, 3.05) is 21.1 Å². The van der Waals surface area contributed by atoms with E-state index in [0.717, 1.165) is 12.8 Å². The highest BCUT2D eigenvalue weighted by atomic mass is 16.4. The summed E-state index contributed by atoms with van der Waals surface area (Å²) in [5, 5.41) is 19.6. The lowest BCUT2D eigenvalue weighted by Crippen LogP contribution is -2.58. The number of carboxylic acid groups (broad SMARTS) is 1. The molecule has 2 unspecified atom stereocenters. The van der Waals surface area contributed by atoms with E-state index in [2.05, 4.69) is 6.92 Å². The largest absolute Gasteiger partial charge is 0.481 e. The fraction of sp³-hybridized carbons (Fsp3) is 0.944. The number of rotatable bonds is 13. The third kappa shape index (κ3) is 9.42. The van der Waals surface area contributed by atoms with Gasteiger partial charge in [0, 0.05) is 6.42 Å². The van der Waals surface area contributed by atoms with Crippen LogP contribution in [0.1, 0.15) is 78.1 Å². The molecule has 0 spiro atoms. The number of carboxylic acids is 1. The fourth-order valence-corrected chi connectivity index (χ4v) is 3.43. The van der Waals surface area contributed by atoms with Crippen LogP contribution in [0, 0.1) is 0 Å². The molecule has 22 heavy (non-hydrogen) atoms. The minimum Gasteiger partial charge on any atom is -0.481 e. The van der Waals surface area contributed by atoms with E-state index < -0.39 is 11.6 Å². The number of likely N-dealkylation sites (N-methyl/N-ethyl adjacent to an activating group) is 1. The average Bonchev–Trinajstić information content (AvgIpc) is 2.33. The van der Waals surface area contributed by atoms with Gasteiger partial charge in [0.15, 0.2) is 0 Å². The number of aliphatic hydroxyl groups is 1. The standard InChI is InChI=1S/C18H37NO3/c1-6-7-8-9-10-11-12-13-14-16(19(3,4)5)18(2,22)15-17(20)21/h16,22H,6-15H2,1-5H3/p+1. The van der Waals surface area contributed by atoms with Crippen LogP contribution in [0.4, 0.5) is 0 Å². The van der Waals surface area contributed by atoms with Gasteiger partial charge in [0.2, 0.25) is 0 Å². The number of unbranched alkanes of at least 4 members (excludes halogenated alkanes) is 7. The van der Waals surface area contributed by atoms with Gasteiger partial charge in [-0.3, -0.25) is 4.79 Å². The predicted octanol–water partition coefficient (Wildman–Crippen LogP) is 3.82. The summed E-state index contributed by atoms with van der Waals surface area (Å²) in [6.07, 6.45) is 10.7. The van der Waals surface area contributed by atoms with Gasteiger partial charge in [-0.15, -0.1) is 0 Å². The summed E-state index contributed by atoms with van der Waals surface area (Å²) in [4.78, 5) is 11.0. The highest BCUT2D eigenvalue weighted by Gasteiger charge is 2.42. The van der Waals surface area contributed by atoms with E-state index in [-0.39, 0.29) is 12.5 Å². The van der Waals surface area contributed by atoms with E-state index in [1.165, 1.54) is 44.9 Å². The Hall–Kier alpha value is -0.610. The Labute approximate surface area is 137 Å². The lowest BCUT2D eigenvalue weighted by atomic mass is 9.86. The van der Waals surface area contributed by atoms with Crippen LogP contribution < -0.4 is 0 Å². The minimum atomic E-state index is -1.16. The lowest BCUT2D eigenvalue weighted by Gasteiger charge is -2.42. The molecule has 132 valence electrons. The van der Waals surface area contributed by atoms with Crippen LogP contribution in [-0.4, -0.2) is 53.5 Å². The van der Waals surface area contributed by atoms with Gasteiger partial charge in [0.05, 0.1) is 27.6 Å². The summed E-state index contributed by atoms with van der Waals surface area (Å²) >= 11 is 0. The Morgan fingerprint density at radius 2 is 1.45 bits per heavy atom. The predicted molar refractivity (Wildman–Crippen MR) is 91.9 cm³/mol. The van der Waals surface area contributed by atoms with Crippen LogP contribution in [0.5, 0.6) is 0 Å². The molecule has 2 atom stereocenters. The molecule has 0 aromatic carbocycles. The summed E-state index contributed by atoms with van der Waals surface area (Å²) in [7, 11) is 6.10. The van der Waals surface area contributed by atoms with Crippen molar-refractivity contribution in [2.45, 2.75) is 89.7 Å². The lowest BCUT2D eigenvalue weighted by molar-refractivity contribution is -0.903. The zero-order valence-corrected chi connectivity index (χ0v) is 15.4. The molecule has 4 heteroatoms. The maximum Gasteiger partial charge on any atom is 0.306 e. The smallest absolute Gasteiger partial charge is 0.306 e. The van der Waals surface area contributed by atoms with E-state index in [1.54, 1.807) is 6.92 Å². The third-order valence-corrected chi connectivity index (χ3v) is 4.49. The third-order valence-electron chi connectivity index (χ3n) is 4.49. The van der Waals surface area contributed by atoms with Crippen molar-refractivity contribution in [2.24, 2.45) is 0 Å². The van der Waals surface area contributed by atoms with E-state index in [4.69, 9.17) is 5.11 Å². The molecule has 2 N–H and O–H groups in total. The zero-order valence-electron chi connectivity index (χ0n) is 15.4. The highest BCUT2D eigenvalue weighted by molar-refractivity contribution is 5.68. The van der Waals surface area contributed by atoms with Gasteiger partial charge >= 0.3 is 5.97 Å². The summed E-state index contributed by atoms with van der Waals surface area (Å²) in [6.45, 7) is 3.90. The first-order chi connectivity index (χ1) is 10.1. The quantitative estimate of drug-likeness (QED) is 0.401. The Balaban J connectivity index is 4.20. The highest BCUT2D eigenvalue weighted by Crippen LogP contribution is 2.27. The van der Waals surface area contributed by atoms with Crippen molar-refractivity contribution in [3.05, 3.63) is 0 Å². The van der Waals surface area contributed by atoms with Gasteiger partial charge in [-0.05, 0) is 13.3 Å². The Morgan fingerprint density at radius 1 is 1.00 bits per heavy atom. The second-order valence-electron chi connectivity index (χ2n) is 7.82. The second-order valence-corrected chi connectivity index (χ2v) is 7.82. The van der Waals surface area contributed by atoms with Crippen molar-refractivity contribution in [3.63, 3.8) is 0 Å². The van der Waals surface area contributed by atoms with Gasteiger partial charge in [0.1, 0.15) is 11.6 Å². The van der Waals surface area contributed by atoms with Crippen LogP contribution in [0.25, 0.3) is 0 Å². The topological polar surface area (TPSA) is 57.5 Å². The molecule has 0 heterocycles. The number of aliphatic carboxylic acids is 1. The summed E-state index contributed by atoms with van der Waals surface area (Å²) in [6, 6.07) is -0.0521. The molecule has 0 aromatic rings. The van der Waals surface area contributed by atoms with Crippen LogP contribution in [0.2, 0.25) is 0 Å². The van der Waals surface area contributed by atoms with Crippen LogP contribution >= 0.6 is 0 Å². The van der Waals surface area contributed by atoms with E-state index in [9.17, 15) is 9.90 Å². The van der Waals surface area contributed by atoms with E-state index in [1.807, 2.05) is 21.1 Å².